The number of amides is 2. The van der Waals surface area contributed by atoms with Crippen molar-refractivity contribution in [1.82, 2.24) is 20.6 Å². The topological polar surface area (TPSA) is 102 Å². The summed E-state index contributed by atoms with van der Waals surface area (Å²) < 4.78 is 10.7. The number of aromatic nitrogens is 2. The van der Waals surface area contributed by atoms with Crippen LogP contribution in [0.15, 0.2) is 97.1 Å². The number of para-hydroxylation sites is 2. The third-order valence-corrected chi connectivity index (χ3v) is 12.5. The summed E-state index contributed by atoms with van der Waals surface area (Å²) in [6, 6.07) is 31.9. The van der Waals surface area contributed by atoms with Crippen molar-refractivity contribution in [2.45, 2.75) is 83.7 Å². The second kappa shape index (κ2) is 16.8. The molecule has 6 aromatic rings. The highest BCUT2D eigenvalue weighted by Crippen LogP contribution is 2.37. The lowest BCUT2D eigenvalue weighted by Gasteiger charge is -2.34. The summed E-state index contributed by atoms with van der Waals surface area (Å²) in [4.78, 5) is 38.0. The SMILES string of the molecule is COc1ccc(-c2nc3ccccc3c(C(=O)NC3CCC(CC4CCC(NC(=O)c5c(C)c(-c6ccc(OC)cc6)nc6ccccc56)CC4)CC3)c2C)cc1. The molecule has 57 heavy (non-hydrogen) atoms. The van der Waals surface area contributed by atoms with Crippen LogP contribution in [0.1, 0.15) is 89.6 Å². The van der Waals surface area contributed by atoms with Crippen LogP contribution in [0.2, 0.25) is 0 Å². The van der Waals surface area contributed by atoms with Gasteiger partial charge in [-0.05, 0) is 155 Å². The second-order valence-corrected chi connectivity index (χ2v) is 16.0. The first kappa shape index (κ1) is 38.1. The summed E-state index contributed by atoms with van der Waals surface area (Å²) in [5, 5.41) is 8.61. The number of carbonyl (C=O) groups excluding carboxylic acids is 2. The molecule has 2 saturated carbocycles. The maximum atomic E-state index is 14.0. The van der Waals surface area contributed by atoms with Gasteiger partial charge in [0.1, 0.15) is 11.5 Å². The van der Waals surface area contributed by atoms with E-state index >= 15 is 0 Å². The summed E-state index contributed by atoms with van der Waals surface area (Å²) >= 11 is 0. The number of rotatable bonds is 10. The Labute approximate surface area is 335 Å². The summed E-state index contributed by atoms with van der Waals surface area (Å²) in [5.41, 5.74) is 8.39. The minimum Gasteiger partial charge on any atom is -0.497 e. The van der Waals surface area contributed by atoms with Gasteiger partial charge in [0, 0.05) is 34.0 Å². The van der Waals surface area contributed by atoms with Gasteiger partial charge in [0.2, 0.25) is 0 Å². The van der Waals surface area contributed by atoms with Gasteiger partial charge in [0.25, 0.3) is 11.8 Å². The maximum Gasteiger partial charge on any atom is 0.252 e. The molecule has 0 atom stereocenters. The summed E-state index contributed by atoms with van der Waals surface area (Å²) in [5.74, 6) is 2.87. The van der Waals surface area contributed by atoms with E-state index in [0.29, 0.717) is 23.0 Å². The number of pyridine rings is 2. The average molecular weight is 761 g/mol. The van der Waals surface area contributed by atoms with Gasteiger partial charge in [-0.2, -0.15) is 0 Å². The van der Waals surface area contributed by atoms with Crippen LogP contribution in [0.25, 0.3) is 44.3 Å². The monoisotopic (exact) mass is 760 g/mol. The Morgan fingerprint density at radius 3 is 1.28 bits per heavy atom. The lowest BCUT2D eigenvalue weighted by molar-refractivity contribution is 0.0919. The minimum atomic E-state index is -0.0170. The van der Waals surface area contributed by atoms with Crippen molar-refractivity contribution < 1.29 is 19.1 Å². The fourth-order valence-electron chi connectivity index (χ4n) is 9.33. The van der Waals surface area contributed by atoms with Gasteiger partial charge in [0.05, 0.1) is 47.8 Å². The number of nitrogens with zero attached hydrogens (tertiary/aromatic N) is 2. The van der Waals surface area contributed by atoms with Crippen molar-refractivity contribution in [3.8, 4) is 34.0 Å². The molecule has 292 valence electrons. The fraction of sp³-hybridized carbons (Fsp3) is 0.347. The molecule has 4 aromatic carbocycles. The second-order valence-electron chi connectivity index (χ2n) is 16.0. The van der Waals surface area contributed by atoms with Crippen LogP contribution in [0.3, 0.4) is 0 Å². The van der Waals surface area contributed by atoms with Crippen molar-refractivity contribution in [2.75, 3.05) is 14.2 Å². The predicted molar refractivity (Wildman–Crippen MR) is 228 cm³/mol. The van der Waals surface area contributed by atoms with Crippen LogP contribution in [0.4, 0.5) is 0 Å². The first-order chi connectivity index (χ1) is 27.8. The molecule has 2 heterocycles. The smallest absolute Gasteiger partial charge is 0.252 e. The van der Waals surface area contributed by atoms with Crippen molar-refractivity contribution in [1.29, 1.82) is 0 Å². The van der Waals surface area contributed by atoms with E-state index < -0.39 is 0 Å². The van der Waals surface area contributed by atoms with E-state index in [2.05, 4.69) is 10.6 Å². The first-order valence-electron chi connectivity index (χ1n) is 20.5. The van der Waals surface area contributed by atoms with Gasteiger partial charge >= 0.3 is 0 Å². The van der Waals surface area contributed by atoms with Gasteiger partial charge in [-0.1, -0.05) is 36.4 Å². The molecule has 0 radical (unpaired) electrons. The third kappa shape index (κ3) is 8.09. The number of benzene rings is 4. The molecular weight excluding hydrogens is 709 g/mol. The van der Waals surface area contributed by atoms with Crippen LogP contribution in [0.5, 0.6) is 11.5 Å². The standard InChI is InChI=1S/C49H52N4O4/c1-30-44(40-9-5-7-11-42(40)52-46(30)34-17-25-38(56-3)26-18-34)48(54)50-36-21-13-32(14-22-36)29-33-15-23-37(24-16-33)51-49(55)45-31(2)47(35-19-27-39(57-4)28-20-35)53-43-12-8-6-10-41(43)45/h5-12,17-20,25-28,32-33,36-37H,13-16,21-24,29H2,1-4H3,(H,50,54)(H,51,55). The molecule has 8 heteroatoms. The van der Waals surface area contributed by atoms with Gasteiger partial charge in [-0.25, -0.2) is 9.97 Å². The van der Waals surface area contributed by atoms with Gasteiger partial charge in [-0.3, -0.25) is 9.59 Å². The molecule has 0 aliphatic heterocycles. The van der Waals surface area contributed by atoms with Gasteiger partial charge in [-0.15, -0.1) is 0 Å². The Bertz CT molecular complexity index is 2220. The number of hydrogen-bond acceptors (Lipinski definition) is 6. The Balaban J connectivity index is 0.862. The Kier molecular flexibility index (Phi) is 11.2. The van der Waals surface area contributed by atoms with Crippen molar-refractivity contribution in [3.63, 3.8) is 0 Å². The zero-order valence-electron chi connectivity index (χ0n) is 33.4. The van der Waals surface area contributed by atoms with Gasteiger partial charge < -0.3 is 20.1 Å². The zero-order valence-corrected chi connectivity index (χ0v) is 33.4. The summed E-state index contributed by atoms with van der Waals surface area (Å²) in [6.07, 6.45) is 9.69. The number of nitrogens with one attached hydrogen (secondary N) is 2. The van der Waals surface area contributed by atoms with E-state index in [0.717, 1.165) is 118 Å². The first-order valence-corrected chi connectivity index (χ1v) is 20.5. The molecular formula is C49H52N4O4. The predicted octanol–water partition coefficient (Wildman–Crippen LogP) is 10.4. The molecule has 0 saturated heterocycles. The molecule has 2 amide bonds. The summed E-state index contributed by atoms with van der Waals surface area (Å²) in [7, 11) is 3.32. The van der Waals surface area contributed by atoms with Crippen LogP contribution < -0.4 is 20.1 Å². The normalized spacial score (nSPS) is 19.6. The molecule has 2 aliphatic carbocycles. The van der Waals surface area contributed by atoms with E-state index in [1.165, 1.54) is 6.42 Å². The quantitative estimate of drug-likeness (QED) is 0.144. The minimum absolute atomic E-state index is 0.0170. The van der Waals surface area contributed by atoms with E-state index in [-0.39, 0.29) is 23.9 Å². The average Bonchev–Trinajstić information content (AvgIpc) is 3.24. The fourth-order valence-corrected chi connectivity index (χ4v) is 9.33. The van der Waals surface area contributed by atoms with Crippen LogP contribution >= 0.6 is 0 Å². The van der Waals surface area contributed by atoms with E-state index in [4.69, 9.17) is 19.4 Å². The molecule has 2 N–H and O–H groups in total. The molecule has 0 bridgehead atoms. The number of fused-ring (bicyclic) bond motifs is 2. The molecule has 8 nitrogen and oxygen atoms in total. The van der Waals surface area contributed by atoms with Crippen LogP contribution in [-0.2, 0) is 0 Å². The highest BCUT2D eigenvalue weighted by Gasteiger charge is 2.30. The summed E-state index contributed by atoms with van der Waals surface area (Å²) in [6.45, 7) is 4.01. The zero-order chi connectivity index (χ0) is 39.5. The molecule has 8 rings (SSSR count). The van der Waals surface area contributed by atoms with Crippen LogP contribution in [0, 0.1) is 25.7 Å². The number of carbonyl (C=O) groups is 2. The highest BCUT2D eigenvalue weighted by molar-refractivity contribution is 6.10. The molecule has 2 fully saturated rings. The molecule has 2 aliphatic rings. The third-order valence-electron chi connectivity index (χ3n) is 12.5. The largest absolute Gasteiger partial charge is 0.497 e. The number of methoxy groups -OCH3 is 2. The molecule has 0 spiro atoms. The molecule has 0 unspecified atom stereocenters. The van der Waals surface area contributed by atoms with Crippen molar-refractivity contribution in [3.05, 3.63) is 119 Å². The van der Waals surface area contributed by atoms with Gasteiger partial charge in [0.15, 0.2) is 0 Å². The Morgan fingerprint density at radius 2 is 0.912 bits per heavy atom. The van der Waals surface area contributed by atoms with Crippen LogP contribution in [-0.4, -0.2) is 48.1 Å². The van der Waals surface area contributed by atoms with Crippen molar-refractivity contribution in [2.24, 2.45) is 11.8 Å². The number of ether oxygens (including phenoxy) is 2. The number of hydrogen-bond donors (Lipinski definition) is 2. The van der Waals surface area contributed by atoms with E-state index in [1.807, 2.05) is 111 Å². The van der Waals surface area contributed by atoms with Crippen molar-refractivity contribution >= 4 is 33.6 Å². The van der Waals surface area contributed by atoms with E-state index in [9.17, 15) is 9.59 Å². The molecule has 2 aromatic heterocycles. The van der Waals surface area contributed by atoms with E-state index in [1.54, 1.807) is 14.2 Å². The maximum absolute atomic E-state index is 14.0. The Morgan fingerprint density at radius 1 is 0.544 bits per heavy atom. The lowest BCUT2D eigenvalue weighted by Crippen LogP contribution is -2.39. The highest BCUT2D eigenvalue weighted by atomic mass is 16.5. The Hall–Kier alpha value is -5.76. The lowest BCUT2D eigenvalue weighted by atomic mass is 9.75.